The van der Waals surface area contributed by atoms with Crippen LogP contribution in [-0.4, -0.2) is 79.8 Å². The van der Waals surface area contributed by atoms with E-state index in [0.29, 0.717) is 52.2 Å². The zero-order valence-electron chi connectivity index (χ0n) is 20.7. The minimum absolute atomic E-state index is 0.00706. The molecule has 2 atom stereocenters. The molecule has 10 heteroatoms. The standard InChI is InChI=1S/C27H33N3O6S/c31-11-12-34-13-14-35-24-17-21(20-6-15-37-18-20)16-23(36-24)25(32)29-9-7-27(8-10-29)26(33)28-19-30(27)22-4-2-1-3-5-22/h1-6,15-16,18,21,24,31H,7-14,17,19H2,(H,28,33)/t21-,24+/m0/s1. The maximum Gasteiger partial charge on any atom is 0.288 e. The Hall–Kier alpha value is -2.92. The van der Waals surface area contributed by atoms with E-state index in [4.69, 9.17) is 19.3 Å². The number of nitrogens with one attached hydrogen (secondary N) is 1. The summed E-state index contributed by atoms with van der Waals surface area (Å²) in [6, 6.07) is 12.0. The molecule has 9 nitrogen and oxygen atoms in total. The minimum atomic E-state index is -0.653. The molecule has 1 spiro atoms. The first-order chi connectivity index (χ1) is 18.1. The summed E-state index contributed by atoms with van der Waals surface area (Å²) < 4.78 is 17.2. The van der Waals surface area contributed by atoms with E-state index in [0.717, 1.165) is 11.3 Å². The van der Waals surface area contributed by atoms with Gasteiger partial charge in [-0.3, -0.25) is 9.59 Å². The Balaban J connectivity index is 1.26. The van der Waals surface area contributed by atoms with Crippen molar-refractivity contribution in [3.05, 3.63) is 64.6 Å². The summed E-state index contributed by atoms with van der Waals surface area (Å²) in [5, 5.41) is 16.0. The van der Waals surface area contributed by atoms with Gasteiger partial charge >= 0.3 is 0 Å². The summed E-state index contributed by atoms with van der Waals surface area (Å²) in [5.41, 5.74) is 1.47. The SMILES string of the molecule is O=C(C1=C[C@H](c2ccsc2)C[C@H](OCCOCCO)O1)N1CCC2(CC1)C(=O)NCN2c1ccccc1. The van der Waals surface area contributed by atoms with Crippen LogP contribution >= 0.6 is 11.3 Å². The van der Waals surface area contributed by atoms with Gasteiger partial charge in [0.1, 0.15) is 5.54 Å². The number of amides is 2. The van der Waals surface area contributed by atoms with E-state index in [1.807, 2.05) is 41.8 Å². The highest BCUT2D eigenvalue weighted by molar-refractivity contribution is 7.08. The molecule has 5 rings (SSSR count). The van der Waals surface area contributed by atoms with Gasteiger partial charge in [-0.1, -0.05) is 18.2 Å². The fourth-order valence-electron chi connectivity index (χ4n) is 5.30. The molecule has 3 aliphatic rings. The van der Waals surface area contributed by atoms with E-state index in [1.165, 1.54) is 0 Å². The first-order valence-electron chi connectivity index (χ1n) is 12.7. The molecule has 198 valence electrons. The number of allylic oxidation sites excluding steroid dienone is 1. The molecule has 0 saturated carbocycles. The van der Waals surface area contributed by atoms with Crippen LogP contribution in [0, 0.1) is 0 Å². The van der Waals surface area contributed by atoms with Crippen molar-refractivity contribution in [1.82, 2.24) is 10.2 Å². The number of rotatable bonds is 9. The number of anilines is 1. The van der Waals surface area contributed by atoms with Gasteiger partial charge in [-0.05, 0) is 53.4 Å². The molecule has 2 aromatic rings. The lowest BCUT2D eigenvalue weighted by molar-refractivity contribution is -0.157. The van der Waals surface area contributed by atoms with Crippen LogP contribution in [0.15, 0.2) is 59.0 Å². The number of nitrogens with zero attached hydrogens (tertiary/aromatic N) is 2. The van der Waals surface area contributed by atoms with Crippen LogP contribution in [0.1, 0.15) is 30.7 Å². The lowest BCUT2D eigenvalue weighted by Gasteiger charge is -2.43. The first kappa shape index (κ1) is 25.7. The number of aliphatic hydroxyl groups is 1. The Kier molecular flexibility index (Phi) is 8.09. The summed E-state index contributed by atoms with van der Waals surface area (Å²) in [7, 11) is 0. The molecular formula is C27H33N3O6S. The topological polar surface area (TPSA) is 101 Å². The van der Waals surface area contributed by atoms with Gasteiger partial charge in [0.25, 0.3) is 5.91 Å². The second-order valence-electron chi connectivity index (χ2n) is 9.44. The van der Waals surface area contributed by atoms with Gasteiger partial charge in [0.05, 0.1) is 33.1 Å². The van der Waals surface area contributed by atoms with E-state index >= 15 is 0 Å². The fourth-order valence-corrected chi connectivity index (χ4v) is 6.03. The van der Waals surface area contributed by atoms with E-state index in [1.54, 1.807) is 16.2 Å². The monoisotopic (exact) mass is 527 g/mol. The molecule has 37 heavy (non-hydrogen) atoms. The lowest BCUT2D eigenvalue weighted by atomic mass is 9.85. The van der Waals surface area contributed by atoms with Crippen molar-refractivity contribution < 1.29 is 28.9 Å². The molecule has 2 amide bonds. The molecular weight excluding hydrogens is 494 g/mol. The second-order valence-corrected chi connectivity index (χ2v) is 10.2. The maximum absolute atomic E-state index is 13.6. The number of benzene rings is 1. The predicted molar refractivity (Wildman–Crippen MR) is 139 cm³/mol. The zero-order valence-corrected chi connectivity index (χ0v) is 21.5. The van der Waals surface area contributed by atoms with Gasteiger partial charge in [0, 0.05) is 31.1 Å². The quantitative estimate of drug-likeness (QED) is 0.483. The number of hydrogen-bond acceptors (Lipinski definition) is 8. The average molecular weight is 528 g/mol. The number of para-hydroxylation sites is 1. The number of thiophene rings is 1. The highest BCUT2D eigenvalue weighted by Crippen LogP contribution is 2.38. The molecule has 0 aliphatic carbocycles. The molecule has 2 fully saturated rings. The first-order valence-corrected chi connectivity index (χ1v) is 13.7. The molecule has 0 unspecified atom stereocenters. The van der Waals surface area contributed by atoms with Crippen LogP contribution in [0.25, 0.3) is 0 Å². The summed E-state index contributed by atoms with van der Waals surface area (Å²) in [5.74, 6) is 0.138. The van der Waals surface area contributed by atoms with Crippen molar-refractivity contribution in [3.63, 3.8) is 0 Å². The summed E-state index contributed by atoms with van der Waals surface area (Å²) in [4.78, 5) is 30.5. The van der Waals surface area contributed by atoms with Crippen molar-refractivity contribution in [2.24, 2.45) is 0 Å². The Bertz CT molecular complexity index is 1080. The number of likely N-dealkylation sites (tertiary alicyclic amines) is 1. The fraction of sp³-hybridized carbons (Fsp3) is 0.481. The van der Waals surface area contributed by atoms with Gasteiger partial charge < -0.3 is 34.4 Å². The van der Waals surface area contributed by atoms with Crippen molar-refractivity contribution in [2.45, 2.75) is 37.0 Å². The molecule has 4 heterocycles. The maximum atomic E-state index is 13.6. The third-order valence-electron chi connectivity index (χ3n) is 7.29. The predicted octanol–water partition coefficient (Wildman–Crippen LogP) is 2.44. The van der Waals surface area contributed by atoms with Crippen molar-refractivity contribution in [1.29, 1.82) is 0 Å². The summed E-state index contributed by atoms with van der Waals surface area (Å²) >= 11 is 1.62. The van der Waals surface area contributed by atoms with Crippen molar-refractivity contribution >= 4 is 28.8 Å². The van der Waals surface area contributed by atoms with Crippen LogP contribution in [0.5, 0.6) is 0 Å². The van der Waals surface area contributed by atoms with E-state index in [-0.39, 0.29) is 36.7 Å². The van der Waals surface area contributed by atoms with Gasteiger partial charge in [0.15, 0.2) is 5.76 Å². The highest BCUT2D eigenvalue weighted by Gasteiger charge is 2.51. The van der Waals surface area contributed by atoms with E-state index < -0.39 is 11.8 Å². The number of ether oxygens (including phenoxy) is 3. The van der Waals surface area contributed by atoms with Crippen LogP contribution in [0.4, 0.5) is 5.69 Å². The molecule has 1 aromatic carbocycles. The smallest absolute Gasteiger partial charge is 0.288 e. The van der Waals surface area contributed by atoms with Crippen molar-refractivity contribution in [2.75, 3.05) is 51.1 Å². The third kappa shape index (κ3) is 5.52. The Morgan fingerprint density at radius 2 is 1.97 bits per heavy atom. The normalized spacial score (nSPS) is 23.1. The van der Waals surface area contributed by atoms with Gasteiger partial charge in [-0.25, -0.2) is 0 Å². The van der Waals surface area contributed by atoms with Gasteiger partial charge in [0.2, 0.25) is 12.2 Å². The molecule has 2 saturated heterocycles. The summed E-state index contributed by atoms with van der Waals surface area (Å²) in [6.45, 7) is 2.24. The zero-order chi connectivity index (χ0) is 25.7. The van der Waals surface area contributed by atoms with Crippen LogP contribution in [0.3, 0.4) is 0 Å². The second kappa shape index (κ2) is 11.6. The number of carbonyl (C=O) groups excluding carboxylic acids is 2. The number of carbonyl (C=O) groups is 2. The molecule has 2 N–H and O–H groups in total. The van der Waals surface area contributed by atoms with Crippen molar-refractivity contribution in [3.8, 4) is 0 Å². The highest BCUT2D eigenvalue weighted by atomic mass is 32.1. The largest absolute Gasteiger partial charge is 0.459 e. The molecule has 0 bridgehead atoms. The number of aliphatic hydroxyl groups excluding tert-OH is 1. The lowest BCUT2D eigenvalue weighted by Crippen LogP contribution is -2.57. The Morgan fingerprint density at radius 1 is 1.16 bits per heavy atom. The summed E-state index contributed by atoms with van der Waals surface area (Å²) in [6.07, 6.45) is 3.01. The number of hydrogen-bond donors (Lipinski definition) is 2. The van der Waals surface area contributed by atoms with Crippen LogP contribution in [-0.2, 0) is 23.8 Å². The van der Waals surface area contributed by atoms with E-state index in [9.17, 15) is 9.59 Å². The van der Waals surface area contributed by atoms with Crippen LogP contribution in [0.2, 0.25) is 0 Å². The van der Waals surface area contributed by atoms with E-state index in [2.05, 4.69) is 21.7 Å². The molecule has 3 aliphatic heterocycles. The van der Waals surface area contributed by atoms with Gasteiger partial charge in [-0.2, -0.15) is 11.3 Å². The average Bonchev–Trinajstić information content (AvgIpc) is 3.58. The third-order valence-corrected chi connectivity index (χ3v) is 7.99. The van der Waals surface area contributed by atoms with Gasteiger partial charge in [-0.15, -0.1) is 0 Å². The molecule has 0 radical (unpaired) electrons. The molecule has 1 aromatic heterocycles. The Morgan fingerprint density at radius 3 is 2.70 bits per heavy atom. The van der Waals surface area contributed by atoms with Crippen LogP contribution < -0.4 is 10.2 Å². The number of piperidine rings is 1. The minimum Gasteiger partial charge on any atom is -0.459 e. The Labute approximate surface area is 220 Å².